The zero-order chi connectivity index (χ0) is 36.6. The SMILES string of the molecule is c1ccc(-c2cccc(Nc3ccc(-c4cccc(-c5ccccc5Nc5cccc6ccccc56)c4)cc3-c3ccc4c(c3)sc3ccccc34)c2)cc1. The van der Waals surface area contributed by atoms with Crippen LogP contribution in [0.2, 0.25) is 0 Å². The highest BCUT2D eigenvalue weighted by Gasteiger charge is 2.14. The van der Waals surface area contributed by atoms with Crippen LogP contribution in [0.1, 0.15) is 0 Å². The van der Waals surface area contributed by atoms with Gasteiger partial charge in [-0.1, -0.05) is 152 Å². The third-order valence-electron chi connectivity index (χ3n) is 10.5. The number of thiophene rings is 1. The second kappa shape index (κ2) is 14.1. The van der Waals surface area contributed by atoms with Gasteiger partial charge in [0, 0.05) is 59.4 Å². The molecule has 3 heteroatoms. The van der Waals surface area contributed by atoms with Crippen LogP contribution in [0, 0.1) is 0 Å². The van der Waals surface area contributed by atoms with Gasteiger partial charge in [-0.25, -0.2) is 0 Å². The van der Waals surface area contributed by atoms with Crippen molar-refractivity contribution < 1.29 is 0 Å². The number of para-hydroxylation sites is 1. The van der Waals surface area contributed by atoms with Gasteiger partial charge in [-0.15, -0.1) is 11.3 Å². The first-order valence-electron chi connectivity index (χ1n) is 18.7. The summed E-state index contributed by atoms with van der Waals surface area (Å²) in [5.41, 5.74) is 13.7. The van der Waals surface area contributed by atoms with E-state index in [2.05, 4.69) is 217 Å². The smallest absolute Gasteiger partial charge is 0.0464 e. The topological polar surface area (TPSA) is 24.1 Å². The van der Waals surface area contributed by atoms with Crippen molar-refractivity contribution in [1.82, 2.24) is 0 Å². The van der Waals surface area contributed by atoms with Crippen molar-refractivity contribution in [2.24, 2.45) is 0 Å². The van der Waals surface area contributed by atoms with Crippen LogP contribution >= 0.6 is 11.3 Å². The zero-order valence-corrected chi connectivity index (χ0v) is 30.9. The molecule has 2 nitrogen and oxygen atoms in total. The molecule has 0 aliphatic carbocycles. The highest BCUT2D eigenvalue weighted by Crippen LogP contribution is 2.41. The largest absolute Gasteiger partial charge is 0.355 e. The maximum Gasteiger partial charge on any atom is 0.0464 e. The third kappa shape index (κ3) is 6.41. The second-order valence-electron chi connectivity index (χ2n) is 13.9. The first-order chi connectivity index (χ1) is 27.2. The van der Waals surface area contributed by atoms with Crippen molar-refractivity contribution >= 4 is 65.0 Å². The first-order valence-corrected chi connectivity index (χ1v) is 19.5. The summed E-state index contributed by atoms with van der Waals surface area (Å²) in [5, 5.41) is 12.6. The monoisotopic (exact) mass is 720 g/mol. The molecule has 0 unspecified atom stereocenters. The Kier molecular flexibility index (Phi) is 8.40. The average molecular weight is 721 g/mol. The molecular weight excluding hydrogens is 685 g/mol. The number of hydrogen-bond donors (Lipinski definition) is 2. The number of anilines is 4. The Bertz CT molecular complexity index is 2990. The van der Waals surface area contributed by atoms with Crippen molar-refractivity contribution in [3.05, 3.63) is 206 Å². The summed E-state index contributed by atoms with van der Waals surface area (Å²) in [6.45, 7) is 0. The summed E-state index contributed by atoms with van der Waals surface area (Å²) in [6.07, 6.45) is 0. The van der Waals surface area contributed by atoms with Crippen molar-refractivity contribution in [2.75, 3.05) is 10.6 Å². The quantitative estimate of drug-likeness (QED) is 0.163. The summed E-state index contributed by atoms with van der Waals surface area (Å²) in [5.74, 6) is 0. The van der Waals surface area contributed by atoms with Crippen LogP contribution in [0.3, 0.4) is 0 Å². The van der Waals surface area contributed by atoms with Gasteiger partial charge in [0.2, 0.25) is 0 Å². The van der Waals surface area contributed by atoms with Gasteiger partial charge in [-0.3, -0.25) is 0 Å². The molecule has 0 saturated carbocycles. The molecule has 0 aliphatic heterocycles. The molecule has 0 fully saturated rings. The van der Waals surface area contributed by atoms with Crippen molar-refractivity contribution in [1.29, 1.82) is 0 Å². The lowest BCUT2D eigenvalue weighted by molar-refractivity contribution is 1.52. The van der Waals surface area contributed by atoms with Gasteiger partial charge in [0.25, 0.3) is 0 Å². The Hall–Kier alpha value is -6.94. The fourth-order valence-electron chi connectivity index (χ4n) is 7.72. The Balaban J connectivity index is 1.05. The number of fused-ring (bicyclic) bond motifs is 4. The number of nitrogens with one attached hydrogen (secondary N) is 2. The van der Waals surface area contributed by atoms with Crippen LogP contribution < -0.4 is 10.6 Å². The maximum absolute atomic E-state index is 3.81. The van der Waals surface area contributed by atoms with Gasteiger partial charge in [-0.2, -0.15) is 0 Å². The molecule has 10 rings (SSSR count). The second-order valence-corrected chi connectivity index (χ2v) is 15.0. The predicted octanol–water partition coefficient (Wildman–Crippen LogP) is 15.4. The molecule has 10 aromatic rings. The van der Waals surface area contributed by atoms with Crippen LogP contribution in [0.15, 0.2) is 206 Å². The fraction of sp³-hybridized carbons (Fsp3) is 0. The highest BCUT2D eigenvalue weighted by molar-refractivity contribution is 7.25. The lowest BCUT2D eigenvalue weighted by Gasteiger charge is -2.17. The van der Waals surface area contributed by atoms with E-state index >= 15 is 0 Å². The van der Waals surface area contributed by atoms with E-state index in [1.54, 1.807) is 0 Å². The average Bonchev–Trinajstić information content (AvgIpc) is 3.63. The fourth-order valence-corrected chi connectivity index (χ4v) is 8.86. The van der Waals surface area contributed by atoms with Crippen LogP contribution in [0.4, 0.5) is 22.7 Å². The van der Waals surface area contributed by atoms with Crippen LogP contribution in [0.25, 0.3) is 75.5 Å². The van der Waals surface area contributed by atoms with Crippen molar-refractivity contribution in [3.63, 3.8) is 0 Å². The Morgan fingerprint density at radius 3 is 1.82 bits per heavy atom. The Morgan fingerprint density at radius 1 is 0.291 bits per heavy atom. The molecule has 1 aromatic heterocycles. The summed E-state index contributed by atoms with van der Waals surface area (Å²) < 4.78 is 2.60. The van der Waals surface area contributed by atoms with E-state index in [9.17, 15) is 0 Å². The van der Waals surface area contributed by atoms with E-state index in [1.807, 2.05) is 11.3 Å². The molecule has 0 radical (unpaired) electrons. The van der Waals surface area contributed by atoms with Gasteiger partial charge in [0.1, 0.15) is 0 Å². The maximum atomic E-state index is 3.81. The van der Waals surface area contributed by atoms with Crippen LogP contribution in [-0.2, 0) is 0 Å². The van der Waals surface area contributed by atoms with Crippen molar-refractivity contribution in [2.45, 2.75) is 0 Å². The number of rotatable bonds is 8. The molecule has 9 aromatic carbocycles. The molecule has 260 valence electrons. The summed E-state index contributed by atoms with van der Waals surface area (Å²) in [4.78, 5) is 0. The Morgan fingerprint density at radius 2 is 0.891 bits per heavy atom. The lowest BCUT2D eigenvalue weighted by Crippen LogP contribution is -1.95. The molecular formula is C52H36N2S. The van der Waals surface area contributed by atoms with Crippen LogP contribution in [0.5, 0.6) is 0 Å². The molecule has 0 bridgehead atoms. The standard InChI is InChI=1S/C52H36N2S/c1-2-13-35(14-3-1)38-18-11-20-42(32-38)53-50-30-28-39(33-47(50)41-27-29-46-45-23-7-9-26-51(45)55-52(46)34-41)37-17-10-19-40(31-37)44-22-6-8-24-48(44)54-49-25-12-16-36-15-4-5-21-43(36)49/h1-34,53-54H. The molecule has 0 saturated heterocycles. The summed E-state index contributed by atoms with van der Waals surface area (Å²) in [7, 11) is 0. The Labute approximate surface area is 325 Å². The summed E-state index contributed by atoms with van der Waals surface area (Å²) in [6, 6.07) is 74.1. The normalized spacial score (nSPS) is 11.3. The molecule has 1 heterocycles. The minimum absolute atomic E-state index is 1.05. The lowest BCUT2D eigenvalue weighted by atomic mass is 9.94. The molecule has 2 N–H and O–H groups in total. The summed E-state index contributed by atoms with van der Waals surface area (Å²) >= 11 is 1.86. The zero-order valence-electron chi connectivity index (χ0n) is 30.0. The molecule has 0 spiro atoms. The van der Waals surface area contributed by atoms with E-state index in [1.165, 1.54) is 53.2 Å². The van der Waals surface area contributed by atoms with Gasteiger partial charge in [0.05, 0.1) is 0 Å². The van der Waals surface area contributed by atoms with Crippen molar-refractivity contribution in [3.8, 4) is 44.5 Å². The number of hydrogen-bond acceptors (Lipinski definition) is 3. The van der Waals surface area contributed by atoms with Gasteiger partial charge in [-0.05, 0) is 93.4 Å². The van der Waals surface area contributed by atoms with E-state index in [4.69, 9.17) is 0 Å². The van der Waals surface area contributed by atoms with E-state index in [0.29, 0.717) is 0 Å². The minimum Gasteiger partial charge on any atom is -0.355 e. The first kappa shape index (κ1) is 32.7. The molecule has 0 aliphatic rings. The van der Waals surface area contributed by atoms with E-state index in [-0.39, 0.29) is 0 Å². The molecule has 55 heavy (non-hydrogen) atoms. The number of benzene rings is 9. The highest BCUT2D eigenvalue weighted by atomic mass is 32.1. The van der Waals surface area contributed by atoms with E-state index in [0.717, 1.165) is 45.0 Å². The minimum atomic E-state index is 1.05. The van der Waals surface area contributed by atoms with E-state index < -0.39 is 0 Å². The third-order valence-corrected chi connectivity index (χ3v) is 11.6. The van der Waals surface area contributed by atoms with Gasteiger partial charge >= 0.3 is 0 Å². The van der Waals surface area contributed by atoms with Gasteiger partial charge < -0.3 is 10.6 Å². The predicted molar refractivity (Wildman–Crippen MR) is 238 cm³/mol. The molecule has 0 atom stereocenters. The van der Waals surface area contributed by atoms with Gasteiger partial charge in [0.15, 0.2) is 0 Å². The van der Waals surface area contributed by atoms with Crippen LogP contribution in [-0.4, -0.2) is 0 Å². The molecule has 0 amide bonds.